The van der Waals surface area contributed by atoms with Gasteiger partial charge >= 0.3 is 0 Å². The number of benzene rings is 2. The predicted octanol–water partition coefficient (Wildman–Crippen LogP) is 1.34. The van der Waals surface area contributed by atoms with Crippen molar-refractivity contribution >= 4 is 11.8 Å². The Morgan fingerprint density at radius 2 is 1.81 bits per heavy atom. The Hall–Kier alpha value is -2.94. The van der Waals surface area contributed by atoms with Crippen molar-refractivity contribution in [2.24, 2.45) is 0 Å². The van der Waals surface area contributed by atoms with Crippen LogP contribution in [0.3, 0.4) is 0 Å². The number of aliphatic hydroxyl groups is 1. The molecule has 0 aliphatic heterocycles. The van der Waals surface area contributed by atoms with Gasteiger partial charge < -0.3 is 20.8 Å². The molecule has 1 aliphatic rings. The summed E-state index contributed by atoms with van der Waals surface area (Å²) in [5.74, 6) is -1.26. The minimum atomic E-state index is -1.52. The highest BCUT2D eigenvalue weighted by atomic mass is 16.5. The fourth-order valence-corrected chi connectivity index (χ4v) is 4.28. The number of phenolic OH excluding ortho intramolecular Hbond substituents is 1. The van der Waals surface area contributed by atoms with E-state index in [9.17, 15) is 25.0 Å². The van der Waals surface area contributed by atoms with Gasteiger partial charge in [0.15, 0.2) is 0 Å². The number of hydrogen-bond donors (Lipinski definition) is 6. The zero-order chi connectivity index (χ0) is 22.6. The molecule has 0 bridgehead atoms. The number of para-hydroxylation sites is 1. The van der Waals surface area contributed by atoms with E-state index in [1.807, 2.05) is 38.1 Å². The lowest BCUT2D eigenvalue weighted by Crippen LogP contribution is -2.62. The Morgan fingerprint density at radius 1 is 1.13 bits per heavy atom. The lowest BCUT2D eigenvalue weighted by atomic mass is 9.85. The summed E-state index contributed by atoms with van der Waals surface area (Å²) in [6.45, 7) is 3.64. The minimum Gasteiger partial charge on any atom is -0.508 e. The molecule has 6 N–H and O–H groups in total. The van der Waals surface area contributed by atoms with Crippen LogP contribution in [0.4, 0.5) is 0 Å². The molecule has 1 unspecified atom stereocenters. The molecule has 0 heterocycles. The van der Waals surface area contributed by atoms with E-state index < -0.39 is 29.5 Å². The van der Waals surface area contributed by atoms with Gasteiger partial charge in [0.2, 0.25) is 5.91 Å². The summed E-state index contributed by atoms with van der Waals surface area (Å²) < 4.78 is 0. The van der Waals surface area contributed by atoms with Crippen LogP contribution in [0.1, 0.15) is 43.0 Å². The van der Waals surface area contributed by atoms with Gasteiger partial charge in [-0.1, -0.05) is 42.5 Å². The van der Waals surface area contributed by atoms with Crippen molar-refractivity contribution < 1.29 is 25.0 Å². The zero-order valence-electron chi connectivity index (χ0n) is 17.6. The fraction of sp³-hybridized carbons (Fsp3) is 0.391. The highest BCUT2D eigenvalue weighted by Gasteiger charge is 2.43. The number of hydroxylamine groups is 1. The zero-order valence-corrected chi connectivity index (χ0v) is 17.6. The van der Waals surface area contributed by atoms with Gasteiger partial charge in [-0.25, -0.2) is 5.48 Å². The number of nitrogens with one attached hydrogen (secondary N) is 3. The maximum atomic E-state index is 13.1. The average molecular weight is 428 g/mol. The second kappa shape index (κ2) is 9.47. The first kappa shape index (κ1) is 22.7. The first-order valence-electron chi connectivity index (χ1n) is 10.3. The number of rotatable bonds is 8. The minimum absolute atomic E-state index is 0.0104. The molecule has 0 saturated carbocycles. The van der Waals surface area contributed by atoms with Gasteiger partial charge in [0, 0.05) is 18.9 Å². The molecule has 166 valence electrons. The summed E-state index contributed by atoms with van der Waals surface area (Å²) >= 11 is 0. The number of aliphatic hydroxyl groups excluding tert-OH is 1. The summed E-state index contributed by atoms with van der Waals surface area (Å²) in [7, 11) is 0. The lowest BCUT2D eigenvalue weighted by Gasteiger charge is -2.35. The van der Waals surface area contributed by atoms with E-state index in [1.54, 1.807) is 23.7 Å². The van der Waals surface area contributed by atoms with Crippen LogP contribution in [0.15, 0.2) is 48.5 Å². The Balaban J connectivity index is 1.87. The van der Waals surface area contributed by atoms with E-state index in [4.69, 9.17) is 0 Å². The smallest absolute Gasteiger partial charge is 0.264 e. The molecule has 0 aromatic heterocycles. The highest BCUT2D eigenvalue weighted by molar-refractivity contribution is 5.92. The molecular formula is C23H29N3O5. The second-order valence-electron chi connectivity index (χ2n) is 8.32. The molecule has 0 fully saturated rings. The standard InChI is InChI=1S/C23H29N3O5/c1-14(2)25-23(22(30)26-31,12-16-8-4-6-10-18(16)27)13-20(29)24-21-17-9-5-3-7-15(17)11-19(21)28/h3-10,14,19,21,25,27-28,31H,11-13H2,1-2H3,(H,24,29)(H,26,30)/t19-,21?,23+/m1/s1. The number of amides is 2. The van der Waals surface area contributed by atoms with Gasteiger partial charge in [0.1, 0.15) is 11.3 Å². The number of phenols is 1. The summed E-state index contributed by atoms with van der Waals surface area (Å²) in [5.41, 5.74) is 2.41. The van der Waals surface area contributed by atoms with Gasteiger partial charge in [-0.15, -0.1) is 0 Å². The summed E-state index contributed by atoms with van der Waals surface area (Å²) in [6, 6.07) is 13.3. The highest BCUT2D eigenvalue weighted by Crippen LogP contribution is 2.32. The maximum Gasteiger partial charge on any atom is 0.264 e. The van der Waals surface area contributed by atoms with Crippen LogP contribution in [-0.2, 0) is 22.4 Å². The molecule has 8 nitrogen and oxygen atoms in total. The molecule has 3 atom stereocenters. The first-order valence-corrected chi connectivity index (χ1v) is 10.3. The molecule has 0 spiro atoms. The van der Waals surface area contributed by atoms with Gasteiger partial charge in [0.25, 0.3) is 5.91 Å². The quantitative estimate of drug-likeness (QED) is 0.278. The average Bonchev–Trinajstić information content (AvgIpc) is 3.03. The van der Waals surface area contributed by atoms with E-state index in [0.717, 1.165) is 11.1 Å². The molecule has 3 rings (SSSR count). The van der Waals surface area contributed by atoms with Crippen LogP contribution >= 0.6 is 0 Å². The van der Waals surface area contributed by atoms with Crippen LogP contribution in [0.25, 0.3) is 0 Å². The van der Waals surface area contributed by atoms with Crippen molar-refractivity contribution in [3.8, 4) is 5.75 Å². The molecule has 0 radical (unpaired) electrons. The normalized spacial score (nSPS) is 19.5. The third-order valence-corrected chi connectivity index (χ3v) is 5.57. The van der Waals surface area contributed by atoms with Crippen molar-refractivity contribution in [1.29, 1.82) is 0 Å². The van der Waals surface area contributed by atoms with E-state index in [0.29, 0.717) is 12.0 Å². The lowest BCUT2D eigenvalue weighted by molar-refractivity contribution is -0.140. The van der Waals surface area contributed by atoms with Crippen molar-refractivity contribution in [3.05, 3.63) is 65.2 Å². The van der Waals surface area contributed by atoms with Crippen LogP contribution in [0.2, 0.25) is 0 Å². The Labute approximate surface area is 181 Å². The molecule has 8 heteroatoms. The van der Waals surface area contributed by atoms with Crippen molar-refractivity contribution in [3.63, 3.8) is 0 Å². The Bertz CT molecular complexity index is 948. The molecule has 2 amide bonds. The molecule has 2 aromatic carbocycles. The van der Waals surface area contributed by atoms with Crippen LogP contribution in [0.5, 0.6) is 5.75 Å². The van der Waals surface area contributed by atoms with Crippen molar-refractivity contribution in [2.75, 3.05) is 0 Å². The van der Waals surface area contributed by atoms with Gasteiger partial charge in [0.05, 0.1) is 18.6 Å². The van der Waals surface area contributed by atoms with E-state index >= 15 is 0 Å². The van der Waals surface area contributed by atoms with Gasteiger partial charge in [-0.05, 0) is 36.6 Å². The van der Waals surface area contributed by atoms with Crippen LogP contribution in [-0.4, -0.2) is 44.9 Å². The number of aromatic hydroxyl groups is 1. The van der Waals surface area contributed by atoms with Crippen molar-refractivity contribution in [2.45, 2.75) is 56.8 Å². The number of carbonyl (C=O) groups excluding carboxylic acids is 2. The Kier molecular flexibility index (Phi) is 6.94. The monoisotopic (exact) mass is 427 g/mol. The largest absolute Gasteiger partial charge is 0.508 e. The second-order valence-corrected chi connectivity index (χ2v) is 8.32. The SMILES string of the molecule is CC(C)N[C@](CC(=O)NC1c2ccccc2C[C@H]1O)(Cc1ccccc1O)C(=O)NO. The van der Waals surface area contributed by atoms with Crippen molar-refractivity contribution in [1.82, 2.24) is 16.1 Å². The van der Waals surface area contributed by atoms with E-state index in [1.165, 1.54) is 6.07 Å². The predicted molar refractivity (Wildman–Crippen MR) is 114 cm³/mol. The number of hydrogen-bond acceptors (Lipinski definition) is 6. The van der Waals surface area contributed by atoms with E-state index in [2.05, 4.69) is 10.6 Å². The van der Waals surface area contributed by atoms with Gasteiger partial charge in [-0.2, -0.15) is 0 Å². The third-order valence-electron chi connectivity index (χ3n) is 5.57. The van der Waals surface area contributed by atoms with E-state index in [-0.39, 0.29) is 24.6 Å². The number of carbonyl (C=O) groups is 2. The third kappa shape index (κ3) is 5.04. The maximum absolute atomic E-state index is 13.1. The fourth-order valence-electron chi connectivity index (χ4n) is 4.28. The Morgan fingerprint density at radius 3 is 2.48 bits per heavy atom. The number of fused-ring (bicyclic) bond motifs is 1. The first-order chi connectivity index (χ1) is 14.8. The molecule has 1 aliphatic carbocycles. The molecule has 31 heavy (non-hydrogen) atoms. The van der Waals surface area contributed by atoms with Gasteiger partial charge in [-0.3, -0.25) is 14.8 Å². The summed E-state index contributed by atoms with van der Waals surface area (Å²) in [4.78, 5) is 25.8. The van der Waals surface area contributed by atoms with Crippen LogP contribution in [0, 0.1) is 0 Å². The molecular weight excluding hydrogens is 398 g/mol. The summed E-state index contributed by atoms with van der Waals surface area (Å²) in [5, 5.41) is 36.0. The molecule has 2 aromatic rings. The molecule has 0 saturated heterocycles. The van der Waals surface area contributed by atoms with Crippen LogP contribution < -0.4 is 16.1 Å². The summed E-state index contributed by atoms with van der Waals surface area (Å²) in [6.07, 6.45) is -0.664. The topological polar surface area (TPSA) is 131 Å².